The Labute approximate surface area is 85.1 Å². The molecule has 1 aliphatic rings. The highest BCUT2D eigenvalue weighted by Gasteiger charge is 2.57. The summed E-state index contributed by atoms with van der Waals surface area (Å²) in [5.41, 5.74) is -3.29. The Morgan fingerprint density at radius 3 is 2.20 bits per heavy atom. The number of amides is 1. The van der Waals surface area contributed by atoms with Gasteiger partial charge in [-0.25, -0.2) is 0 Å². The summed E-state index contributed by atoms with van der Waals surface area (Å²) in [6, 6.07) is 0. The standard InChI is InChI=1S/C8H13F3N2O2/c1-7(15,8(9,10)11)6(14)13-4-2-12-3-5-13/h12,15H,2-5H2,1H3/t7-/m1/s1. The van der Waals surface area contributed by atoms with Crippen molar-refractivity contribution >= 4 is 5.91 Å². The van der Waals surface area contributed by atoms with E-state index >= 15 is 0 Å². The number of hydrogen-bond acceptors (Lipinski definition) is 3. The normalized spacial score (nSPS) is 22.3. The Morgan fingerprint density at radius 1 is 1.33 bits per heavy atom. The van der Waals surface area contributed by atoms with E-state index in [-0.39, 0.29) is 13.1 Å². The predicted molar refractivity (Wildman–Crippen MR) is 46.1 cm³/mol. The monoisotopic (exact) mass is 226 g/mol. The van der Waals surface area contributed by atoms with E-state index in [0.717, 1.165) is 4.90 Å². The summed E-state index contributed by atoms with van der Waals surface area (Å²) in [6.07, 6.45) is -4.94. The van der Waals surface area contributed by atoms with Crippen LogP contribution in [0.4, 0.5) is 13.2 Å². The van der Waals surface area contributed by atoms with Gasteiger partial charge in [-0.1, -0.05) is 0 Å². The molecule has 0 bridgehead atoms. The van der Waals surface area contributed by atoms with E-state index in [2.05, 4.69) is 5.32 Å². The number of carbonyl (C=O) groups excluding carboxylic acids is 1. The fraction of sp³-hybridized carbons (Fsp3) is 0.875. The lowest BCUT2D eigenvalue weighted by molar-refractivity contribution is -0.250. The number of halogens is 3. The minimum Gasteiger partial charge on any atom is -0.373 e. The van der Waals surface area contributed by atoms with Gasteiger partial charge in [0.25, 0.3) is 5.91 Å². The zero-order valence-corrected chi connectivity index (χ0v) is 8.26. The second-order valence-electron chi connectivity index (χ2n) is 3.61. The average Bonchev–Trinajstić information content (AvgIpc) is 2.16. The van der Waals surface area contributed by atoms with Crippen LogP contribution in [-0.2, 0) is 4.79 Å². The molecule has 0 radical (unpaired) electrons. The van der Waals surface area contributed by atoms with Crippen LogP contribution in [0.3, 0.4) is 0 Å². The molecule has 1 amide bonds. The number of piperazine rings is 1. The van der Waals surface area contributed by atoms with Gasteiger partial charge in [0.1, 0.15) is 0 Å². The number of nitrogens with one attached hydrogen (secondary N) is 1. The van der Waals surface area contributed by atoms with E-state index < -0.39 is 17.7 Å². The number of carbonyl (C=O) groups is 1. The second-order valence-corrected chi connectivity index (χ2v) is 3.61. The van der Waals surface area contributed by atoms with Gasteiger partial charge in [-0.2, -0.15) is 13.2 Å². The van der Waals surface area contributed by atoms with Gasteiger partial charge in [0, 0.05) is 26.2 Å². The van der Waals surface area contributed by atoms with Crippen LogP contribution >= 0.6 is 0 Å². The van der Waals surface area contributed by atoms with Crippen molar-refractivity contribution in [3.63, 3.8) is 0 Å². The van der Waals surface area contributed by atoms with Gasteiger partial charge in [0.15, 0.2) is 0 Å². The van der Waals surface area contributed by atoms with E-state index in [1.807, 2.05) is 0 Å². The van der Waals surface area contributed by atoms with Gasteiger partial charge >= 0.3 is 6.18 Å². The Bertz CT molecular complexity index is 247. The highest BCUT2D eigenvalue weighted by Crippen LogP contribution is 2.31. The van der Waals surface area contributed by atoms with E-state index in [0.29, 0.717) is 20.0 Å². The van der Waals surface area contributed by atoms with Crippen molar-refractivity contribution in [2.45, 2.75) is 18.7 Å². The van der Waals surface area contributed by atoms with Crippen molar-refractivity contribution in [1.29, 1.82) is 0 Å². The molecule has 1 rings (SSSR count). The van der Waals surface area contributed by atoms with Crippen LogP contribution in [0, 0.1) is 0 Å². The van der Waals surface area contributed by atoms with Crippen LogP contribution in [-0.4, -0.2) is 53.9 Å². The molecule has 1 atom stereocenters. The van der Waals surface area contributed by atoms with E-state index in [1.54, 1.807) is 0 Å². The van der Waals surface area contributed by atoms with E-state index in [1.165, 1.54) is 0 Å². The first kappa shape index (κ1) is 12.3. The lowest BCUT2D eigenvalue weighted by atomic mass is 10.0. The molecule has 0 aromatic rings. The lowest BCUT2D eigenvalue weighted by Crippen LogP contribution is -2.59. The quantitative estimate of drug-likeness (QED) is 0.647. The smallest absolute Gasteiger partial charge is 0.373 e. The maximum Gasteiger partial charge on any atom is 0.426 e. The molecular weight excluding hydrogens is 213 g/mol. The summed E-state index contributed by atoms with van der Waals surface area (Å²) in [7, 11) is 0. The molecule has 0 aromatic heterocycles. The van der Waals surface area contributed by atoms with Gasteiger partial charge in [0.2, 0.25) is 5.60 Å². The summed E-state index contributed by atoms with van der Waals surface area (Å²) in [5, 5.41) is 12.0. The summed E-state index contributed by atoms with van der Waals surface area (Å²) >= 11 is 0. The highest BCUT2D eigenvalue weighted by molar-refractivity contribution is 5.85. The zero-order chi connectivity index (χ0) is 11.7. The van der Waals surface area contributed by atoms with Gasteiger partial charge in [-0.05, 0) is 6.92 Å². The SMILES string of the molecule is C[C@@](O)(C(=O)N1CCNCC1)C(F)(F)F. The number of nitrogens with zero attached hydrogens (tertiary/aromatic N) is 1. The van der Waals surface area contributed by atoms with Gasteiger partial charge in [-0.3, -0.25) is 4.79 Å². The van der Waals surface area contributed by atoms with Crippen LogP contribution in [0.2, 0.25) is 0 Å². The van der Waals surface area contributed by atoms with Crippen LogP contribution in [0.1, 0.15) is 6.92 Å². The third-order valence-electron chi connectivity index (χ3n) is 2.37. The maximum atomic E-state index is 12.3. The number of aliphatic hydroxyl groups is 1. The molecule has 0 spiro atoms. The van der Waals surface area contributed by atoms with E-state index in [4.69, 9.17) is 5.11 Å². The first-order valence-corrected chi connectivity index (χ1v) is 4.56. The number of hydrogen-bond donors (Lipinski definition) is 2. The Balaban J connectivity index is 2.74. The molecule has 88 valence electrons. The molecule has 2 N–H and O–H groups in total. The Hall–Kier alpha value is -0.820. The molecule has 15 heavy (non-hydrogen) atoms. The van der Waals surface area contributed by atoms with Crippen LogP contribution in [0.5, 0.6) is 0 Å². The summed E-state index contributed by atoms with van der Waals surface area (Å²) in [5.74, 6) is -1.28. The maximum absolute atomic E-state index is 12.3. The van der Waals surface area contributed by atoms with Crippen molar-refractivity contribution in [2.75, 3.05) is 26.2 Å². The first-order chi connectivity index (χ1) is 6.77. The molecule has 0 aliphatic carbocycles. The molecule has 0 saturated carbocycles. The molecule has 7 heteroatoms. The fourth-order valence-electron chi connectivity index (χ4n) is 1.30. The predicted octanol–water partition coefficient (Wildman–Crippen LogP) is -0.269. The van der Waals surface area contributed by atoms with Crippen LogP contribution in [0.15, 0.2) is 0 Å². The summed E-state index contributed by atoms with van der Waals surface area (Å²) in [4.78, 5) is 12.4. The van der Waals surface area contributed by atoms with Gasteiger partial charge in [0.05, 0.1) is 0 Å². The highest BCUT2D eigenvalue weighted by atomic mass is 19.4. The molecule has 0 unspecified atom stereocenters. The Kier molecular flexibility index (Phi) is 3.25. The van der Waals surface area contributed by atoms with E-state index in [9.17, 15) is 18.0 Å². The molecule has 1 heterocycles. The lowest BCUT2D eigenvalue weighted by Gasteiger charge is -2.34. The van der Waals surface area contributed by atoms with Crippen molar-refractivity contribution < 1.29 is 23.1 Å². The minimum absolute atomic E-state index is 0.186. The largest absolute Gasteiger partial charge is 0.426 e. The van der Waals surface area contributed by atoms with Crippen LogP contribution in [0.25, 0.3) is 0 Å². The molecular formula is C8H13F3N2O2. The zero-order valence-electron chi connectivity index (χ0n) is 8.26. The fourth-order valence-corrected chi connectivity index (χ4v) is 1.30. The van der Waals surface area contributed by atoms with Crippen molar-refractivity contribution in [3.8, 4) is 0 Å². The first-order valence-electron chi connectivity index (χ1n) is 4.56. The molecule has 1 saturated heterocycles. The summed E-state index contributed by atoms with van der Waals surface area (Å²) < 4.78 is 37.0. The molecule has 0 aromatic carbocycles. The third kappa shape index (κ3) is 2.40. The van der Waals surface area contributed by atoms with Crippen molar-refractivity contribution in [1.82, 2.24) is 10.2 Å². The van der Waals surface area contributed by atoms with Crippen molar-refractivity contribution in [2.24, 2.45) is 0 Å². The number of rotatable bonds is 1. The van der Waals surface area contributed by atoms with Gasteiger partial charge < -0.3 is 15.3 Å². The summed E-state index contributed by atoms with van der Waals surface area (Å²) in [6.45, 7) is 1.74. The second kappa shape index (κ2) is 3.97. The van der Waals surface area contributed by atoms with Crippen molar-refractivity contribution in [3.05, 3.63) is 0 Å². The molecule has 4 nitrogen and oxygen atoms in total. The third-order valence-corrected chi connectivity index (χ3v) is 2.37. The number of alkyl halides is 3. The molecule has 1 fully saturated rings. The van der Waals surface area contributed by atoms with Crippen LogP contribution < -0.4 is 5.32 Å². The molecule has 1 aliphatic heterocycles. The average molecular weight is 226 g/mol. The van der Waals surface area contributed by atoms with Gasteiger partial charge in [-0.15, -0.1) is 0 Å². The minimum atomic E-state index is -4.94. The topological polar surface area (TPSA) is 52.6 Å². The Morgan fingerprint density at radius 2 is 1.80 bits per heavy atom.